The Bertz CT molecular complexity index is 630. The number of carboxylic acids is 1. The Hall–Kier alpha value is -1.93. The van der Waals surface area contributed by atoms with Crippen LogP contribution in [-0.2, 0) is 14.3 Å². The van der Waals surface area contributed by atoms with Crippen molar-refractivity contribution in [3.05, 3.63) is 11.3 Å². The van der Waals surface area contributed by atoms with Crippen LogP contribution in [-0.4, -0.2) is 76.7 Å². The number of rotatable bonds is 6. The molecule has 2 fully saturated rings. The molecule has 0 unspecified atom stereocenters. The lowest BCUT2D eigenvalue weighted by Crippen LogP contribution is -2.61. The minimum atomic E-state index is -1.08. The molecule has 0 aliphatic carbocycles. The number of hydrogen-bond acceptors (Lipinski definition) is 5. The van der Waals surface area contributed by atoms with Crippen LogP contribution in [0.2, 0.25) is 0 Å². The van der Waals surface area contributed by atoms with Gasteiger partial charge in [0.05, 0.1) is 30.5 Å². The summed E-state index contributed by atoms with van der Waals surface area (Å²) in [6, 6.07) is -0.240. The van der Waals surface area contributed by atoms with Crippen LogP contribution in [0.25, 0.3) is 0 Å². The standard InChI is InChI=1S/C17H25N3O5/c1-9(21)14-12-7-11(15(17(23)24)20(12)16(14)22)10-3-5-19(8-10)13(18)4-6-25-2/h9-10,12,14,18,21H,3-8H2,1-2H3,(H,23,24)/t9-,10-,12-,14-/m1/s1. The molecule has 0 radical (unpaired) electrons. The van der Waals surface area contributed by atoms with Gasteiger partial charge in [-0.1, -0.05) is 0 Å². The Morgan fingerprint density at radius 1 is 1.48 bits per heavy atom. The average Bonchev–Trinajstić information content (AvgIpc) is 3.14. The molecule has 0 spiro atoms. The maximum absolute atomic E-state index is 12.3. The van der Waals surface area contributed by atoms with E-state index in [1.54, 1.807) is 14.0 Å². The van der Waals surface area contributed by atoms with Crippen LogP contribution in [0.4, 0.5) is 0 Å². The molecule has 3 N–H and O–H groups in total. The number of ether oxygens (including phenoxy) is 1. The van der Waals surface area contributed by atoms with Gasteiger partial charge in [-0.3, -0.25) is 10.2 Å². The highest BCUT2D eigenvalue weighted by Gasteiger charge is 2.57. The summed E-state index contributed by atoms with van der Waals surface area (Å²) in [7, 11) is 1.60. The number of aliphatic hydroxyl groups excluding tert-OH is 1. The zero-order valence-electron chi connectivity index (χ0n) is 14.6. The number of methoxy groups -OCH3 is 1. The number of likely N-dealkylation sites (tertiary alicyclic amines) is 1. The van der Waals surface area contributed by atoms with Crippen molar-refractivity contribution < 1.29 is 24.5 Å². The lowest BCUT2D eigenvalue weighted by molar-refractivity contribution is -0.161. The molecule has 0 aromatic heterocycles. The molecule has 4 atom stereocenters. The van der Waals surface area contributed by atoms with E-state index in [0.29, 0.717) is 38.4 Å². The summed E-state index contributed by atoms with van der Waals surface area (Å²) in [5.41, 5.74) is 0.887. The average molecular weight is 351 g/mol. The summed E-state index contributed by atoms with van der Waals surface area (Å²) in [4.78, 5) is 27.3. The fourth-order valence-electron chi connectivity index (χ4n) is 4.31. The number of carboxylic acid groups (broad SMARTS) is 1. The van der Waals surface area contributed by atoms with E-state index in [4.69, 9.17) is 10.1 Å². The molecule has 8 heteroatoms. The predicted molar refractivity (Wildman–Crippen MR) is 89.0 cm³/mol. The summed E-state index contributed by atoms with van der Waals surface area (Å²) in [5, 5.41) is 27.5. The predicted octanol–water partition coefficient (Wildman–Crippen LogP) is 0.272. The van der Waals surface area contributed by atoms with Crippen LogP contribution in [0.3, 0.4) is 0 Å². The van der Waals surface area contributed by atoms with E-state index < -0.39 is 18.0 Å². The van der Waals surface area contributed by atoms with Crippen molar-refractivity contribution >= 4 is 17.7 Å². The third-order valence-electron chi connectivity index (χ3n) is 5.57. The second-order valence-corrected chi connectivity index (χ2v) is 7.05. The molecule has 3 aliphatic heterocycles. The van der Waals surface area contributed by atoms with Crippen molar-refractivity contribution in [2.75, 3.05) is 26.8 Å². The number of hydrogen-bond donors (Lipinski definition) is 3. The van der Waals surface area contributed by atoms with Gasteiger partial charge in [0.15, 0.2) is 0 Å². The van der Waals surface area contributed by atoms with Crippen LogP contribution in [0.5, 0.6) is 0 Å². The maximum atomic E-state index is 12.3. The fourth-order valence-corrected chi connectivity index (χ4v) is 4.31. The highest BCUT2D eigenvalue weighted by Crippen LogP contribution is 2.47. The van der Waals surface area contributed by atoms with Crippen molar-refractivity contribution in [2.24, 2.45) is 11.8 Å². The summed E-state index contributed by atoms with van der Waals surface area (Å²) in [6.07, 6.45) is 1.04. The molecular formula is C17H25N3O5. The van der Waals surface area contributed by atoms with E-state index in [-0.39, 0.29) is 23.6 Å². The third-order valence-corrected chi connectivity index (χ3v) is 5.57. The van der Waals surface area contributed by atoms with Crippen LogP contribution in [0, 0.1) is 17.2 Å². The van der Waals surface area contributed by atoms with Gasteiger partial charge in [-0.15, -0.1) is 0 Å². The molecule has 3 aliphatic rings. The Kier molecular flexibility index (Phi) is 4.83. The molecule has 2 saturated heterocycles. The number of carbonyl (C=O) groups is 2. The third kappa shape index (κ3) is 2.93. The quantitative estimate of drug-likeness (QED) is 0.360. The Balaban J connectivity index is 1.75. The molecule has 0 bridgehead atoms. The van der Waals surface area contributed by atoms with Crippen LogP contribution in [0.1, 0.15) is 26.2 Å². The van der Waals surface area contributed by atoms with E-state index in [0.717, 1.165) is 12.0 Å². The zero-order valence-corrected chi connectivity index (χ0v) is 14.6. The number of fused-ring (bicyclic) bond motifs is 1. The highest BCUT2D eigenvalue weighted by atomic mass is 16.5. The SMILES string of the molecule is COCCC(=N)N1CC[C@@H](C2=C(C(=O)O)N3C(=O)[C@H]([C@@H](C)O)[C@H]3C2)C1. The van der Waals surface area contributed by atoms with E-state index in [9.17, 15) is 19.8 Å². The number of amidine groups is 1. The monoisotopic (exact) mass is 351 g/mol. The summed E-state index contributed by atoms with van der Waals surface area (Å²) < 4.78 is 5.01. The number of amides is 1. The van der Waals surface area contributed by atoms with Gasteiger partial charge in [0.1, 0.15) is 5.70 Å². The van der Waals surface area contributed by atoms with Gasteiger partial charge >= 0.3 is 5.97 Å². The molecule has 0 saturated carbocycles. The second-order valence-electron chi connectivity index (χ2n) is 7.05. The normalized spacial score (nSPS) is 29.7. The molecule has 25 heavy (non-hydrogen) atoms. The summed E-state index contributed by atoms with van der Waals surface area (Å²) in [6.45, 7) is 3.38. The largest absolute Gasteiger partial charge is 0.477 e. The topological polar surface area (TPSA) is 114 Å². The second kappa shape index (κ2) is 6.76. The molecule has 1 amide bonds. The van der Waals surface area contributed by atoms with Crippen molar-refractivity contribution in [3.8, 4) is 0 Å². The van der Waals surface area contributed by atoms with E-state index >= 15 is 0 Å². The highest BCUT2D eigenvalue weighted by molar-refractivity contribution is 5.99. The number of carbonyl (C=O) groups excluding carboxylic acids is 1. The Morgan fingerprint density at radius 3 is 2.80 bits per heavy atom. The molecule has 8 nitrogen and oxygen atoms in total. The number of nitrogens with zero attached hydrogens (tertiary/aromatic N) is 2. The smallest absolute Gasteiger partial charge is 0.352 e. The Labute approximate surface area is 146 Å². The van der Waals surface area contributed by atoms with E-state index in [1.165, 1.54) is 4.90 Å². The molecule has 3 heterocycles. The van der Waals surface area contributed by atoms with Gasteiger partial charge in [0.25, 0.3) is 0 Å². The van der Waals surface area contributed by atoms with Crippen molar-refractivity contribution in [1.29, 1.82) is 5.41 Å². The van der Waals surface area contributed by atoms with Crippen molar-refractivity contribution in [1.82, 2.24) is 9.80 Å². The first-order chi connectivity index (χ1) is 11.9. The van der Waals surface area contributed by atoms with Gasteiger partial charge < -0.3 is 24.7 Å². The lowest BCUT2D eigenvalue weighted by Gasteiger charge is -2.44. The first-order valence-electron chi connectivity index (χ1n) is 8.65. The number of aliphatic hydroxyl groups is 1. The van der Waals surface area contributed by atoms with Crippen LogP contribution in [0.15, 0.2) is 11.3 Å². The summed E-state index contributed by atoms with van der Waals surface area (Å²) >= 11 is 0. The van der Waals surface area contributed by atoms with Crippen LogP contribution >= 0.6 is 0 Å². The molecule has 138 valence electrons. The number of nitrogens with one attached hydrogen (secondary N) is 1. The van der Waals surface area contributed by atoms with Gasteiger partial charge in [-0.25, -0.2) is 4.79 Å². The zero-order chi connectivity index (χ0) is 18.3. The maximum Gasteiger partial charge on any atom is 0.352 e. The minimum Gasteiger partial charge on any atom is -0.477 e. The number of aliphatic carboxylic acids is 1. The fraction of sp³-hybridized carbons (Fsp3) is 0.706. The minimum absolute atomic E-state index is 0.0297. The lowest BCUT2D eigenvalue weighted by atomic mass is 9.82. The number of β-lactam (4-membered cyclic amide) rings is 1. The first kappa shape index (κ1) is 17.9. The van der Waals surface area contributed by atoms with Gasteiger partial charge in [0.2, 0.25) is 5.91 Å². The van der Waals surface area contributed by atoms with Crippen molar-refractivity contribution in [2.45, 2.75) is 38.3 Å². The van der Waals surface area contributed by atoms with Gasteiger partial charge in [-0.2, -0.15) is 0 Å². The molecule has 0 aromatic carbocycles. The van der Waals surface area contributed by atoms with Crippen LogP contribution < -0.4 is 0 Å². The first-order valence-corrected chi connectivity index (χ1v) is 8.65. The molecule has 3 rings (SSSR count). The molecular weight excluding hydrogens is 326 g/mol. The van der Waals surface area contributed by atoms with Gasteiger partial charge in [0, 0.05) is 32.5 Å². The summed E-state index contributed by atoms with van der Waals surface area (Å²) in [5.74, 6) is -1.36. The Morgan fingerprint density at radius 2 is 2.20 bits per heavy atom. The van der Waals surface area contributed by atoms with E-state index in [2.05, 4.69) is 0 Å². The van der Waals surface area contributed by atoms with Gasteiger partial charge in [-0.05, 0) is 25.3 Å². The molecule has 0 aromatic rings. The van der Waals surface area contributed by atoms with E-state index in [1.807, 2.05) is 4.90 Å². The van der Waals surface area contributed by atoms with Crippen molar-refractivity contribution in [3.63, 3.8) is 0 Å².